The number of fused-ring (bicyclic) bond motifs is 1. The summed E-state index contributed by atoms with van der Waals surface area (Å²) in [5.74, 6) is -1.10. The second kappa shape index (κ2) is 5.27. The number of hydrogen-bond donors (Lipinski definition) is 1. The molecule has 7 heteroatoms. The molecule has 1 atom stereocenters. The standard InChI is InChI=1S/C16H11F2N3OS/c17-10-1-2-12(18)13(5-10)21-8-19-15-11(9-3-4-23-7-9)6-14(22)20-16(15)21/h1-5,7-8,11H,6H2,(H,20,22)/t11-/m0/s1. The summed E-state index contributed by atoms with van der Waals surface area (Å²) in [6, 6.07) is 5.13. The van der Waals surface area contributed by atoms with Gasteiger partial charge in [0.2, 0.25) is 5.91 Å². The molecule has 0 fully saturated rings. The van der Waals surface area contributed by atoms with Crippen molar-refractivity contribution in [2.45, 2.75) is 12.3 Å². The van der Waals surface area contributed by atoms with Crippen molar-refractivity contribution in [2.75, 3.05) is 5.32 Å². The largest absolute Gasteiger partial charge is 0.310 e. The van der Waals surface area contributed by atoms with Gasteiger partial charge in [-0.2, -0.15) is 11.3 Å². The number of rotatable bonds is 2. The van der Waals surface area contributed by atoms with E-state index in [2.05, 4.69) is 10.3 Å². The third-order valence-electron chi connectivity index (χ3n) is 3.89. The lowest BCUT2D eigenvalue weighted by atomic mass is 9.92. The first-order chi connectivity index (χ1) is 11.1. The summed E-state index contributed by atoms with van der Waals surface area (Å²) in [6.45, 7) is 0. The van der Waals surface area contributed by atoms with Crippen LogP contribution in [0.1, 0.15) is 23.6 Å². The van der Waals surface area contributed by atoms with Crippen LogP contribution in [0.5, 0.6) is 0 Å². The molecule has 0 aliphatic carbocycles. The van der Waals surface area contributed by atoms with Gasteiger partial charge in [0.25, 0.3) is 0 Å². The number of nitrogens with one attached hydrogen (secondary N) is 1. The summed E-state index contributed by atoms with van der Waals surface area (Å²) in [5.41, 5.74) is 1.67. The highest BCUT2D eigenvalue weighted by atomic mass is 32.1. The van der Waals surface area contributed by atoms with Gasteiger partial charge in [0, 0.05) is 18.4 Å². The molecule has 1 aliphatic heterocycles. The average molecular weight is 331 g/mol. The zero-order valence-electron chi connectivity index (χ0n) is 11.8. The highest BCUT2D eigenvalue weighted by Crippen LogP contribution is 2.38. The van der Waals surface area contributed by atoms with Gasteiger partial charge in [-0.25, -0.2) is 13.8 Å². The Morgan fingerprint density at radius 1 is 1.30 bits per heavy atom. The van der Waals surface area contributed by atoms with Gasteiger partial charge in [0.15, 0.2) is 0 Å². The van der Waals surface area contributed by atoms with Crippen LogP contribution in [-0.2, 0) is 4.79 Å². The molecule has 116 valence electrons. The van der Waals surface area contributed by atoms with Gasteiger partial charge in [-0.15, -0.1) is 0 Å². The quantitative estimate of drug-likeness (QED) is 0.778. The molecule has 2 aromatic heterocycles. The number of hydrogen-bond acceptors (Lipinski definition) is 3. The summed E-state index contributed by atoms with van der Waals surface area (Å²) in [4.78, 5) is 16.4. The Morgan fingerprint density at radius 3 is 2.96 bits per heavy atom. The van der Waals surface area contributed by atoms with Crippen LogP contribution in [0.3, 0.4) is 0 Å². The highest BCUT2D eigenvalue weighted by molar-refractivity contribution is 7.08. The number of anilines is 1. The number of thiophene rings is 1. The van der Waals surface area contributed by atoms with E-state index in [1.807, 2.05) is 16.8 Å². The van der Waals surface area contributed by atoms with Gasteiger partial charge >= 0.3 is 0 Å². The van der Waals surface area contributed by atoms with Crippen LogP contribution in [0.2, 0.25) is 0 Å². The van der Waals surface area contributed by atoms with Crippen molar-refractivity contribution in [3.8, 4) is 5.69 Å². The van der Waals surface area contributed by atoms with Crippen LogP contribution in [0.15, 0.2) is 41.4 Å². The number of carbonyl (C=O) groups excluding carboxylic acids is 1. The van der Waals surface area contributed by atoms with Crippen molar-refractivity contribution in [2.24, 2.45) is 0 Å². The van der Waals surface area contributed by atoms with Gasteiger partial charge in [0.05, 0.1) is 11.4 Å². The molecule has 1 aliphatic rings. The lowest BCUT2D eigenvalue weighted by Gasteiger charge is -2.22. The normalized spacial score (nSPS) is 17.0. The number of nitrogens with zero attached hydrogens (tertiary/aromatic N) is 2. The Balaban J connectivity index is 1.87. The summed E-state index contributed by atoms with van der Waals surface area (Å²) in [7, 11) is 0. The molecule has 0 saturated heterocycles. The van der Waals surface area contributed by atoms with Crippen molar-refractivity contribution in [3.05, 3.63) is 64.2 Å². The van der Waals surface area contributed by atoms with Crippen molar-refractivity contribution in [1.82, 2.24) is 9.55 Å². The number of carbonyl (C=O) groups is 1. The van der Waals surface area contributed by atoms with E-state index in [9.17, 15) is 13.6 Å². The van der Waals surface area contributed by atoms with Crippen molar-refractivity contribution in [3.63, 3.8) is 0 Å². The van der Waals surface area contributed by atoms with Gasteiger partial charge in [-0.3, -0.25) is 9.36 Å². The maximum Gasteiger partial charge on any atom is 0.226 e. The number of imidazole rings is 1. The molecule has 4 nitrogen and oxygen atoms in total. The maximum atomic E-state index is 14.0. The van der Waals surface area contributed by atoms with Crippen molar-refractivity contribution >= 4 is 23.1 Å². The Labute approximate surface area is 134 Å². The molecular formula is C16H11F2N3OS. The summed E-state index contributed by atoms with van der Waals surface area (Å²) in [5, 5.41) is 6.62. The lowest BCUT2D eigenvalue weighted by Crippen LogP contribution is -2.24. The summed E-state index contributed by atoms with van der Waals surface area (Å²) >= 11 is 1.54. The Bertz CT molecular complexity index is 889. The fraction of sp³-hybridized carbons (Fsp3) is 0.125. The second-order valence-electron chi connectivity index (χ2n) is 5.31. The molecule has 0 saturated carbocycles. The molecular weight excluding hydrogens is 320 g/mol. The predicted octanol–water partition coefficient (Wildman–Crippen LogP) is 3.69. The molecule has 3 aromatic rings. The third-order valence-corrected chi connectivity index (χ3v) is 4.59. The van der Waals surface area contributed by atoms with Crippen LogP contribution in [-0.4, -0.2) is 15.5 Å². The Kier molecular flexibility index (Phi) is 3.23. The molecule has 1 N–H and O–H groups in total. The molecule has 3 heterocycles. The van der Waals surface area contributed by atoms with E-state index in [1.54, 1.807) is 11.3 Å². The zero-order chi connectivity index (χ0) is 16.0. The Hall–Kier alpha value is -2.54. The van der Waals surface area contributed by atoms with Crippen molar-refractivity contribution < 1.29 is 13.6 Å². The van der Waals surface area contributed by atoms with E-state index in [4.69, 9.17) is 0 Å². The first kappa shape index (κ1) is 14.1. The number of halogens is 2. The summed E-state index contributed by atoms with van der Waals surface area (Å²) < 4.78 is 28.9. The van der Waals surface area contributed by atoms with Gasteiger partial charge in [-0.05, 0) is 34.5 Å². The smallest absolute Gasteiger partial charge is 0.226 e. The minimum atomic E-state index is -0.585. The molecule has 0 bridgehead atoms. The molecule has 0 unspecified atom stereocenters. The van der Waals surface area contributed by atoms with Crippen LogP contribution in [0.4, 0.5) is 14.6 Å². The van der Waals surface area contributed by atoms with E-state index >= 15 is 0 Å². The third kappa shape index (κ3) is 2.33. The van der Waals surface area contributed by atoms with E-state index in [1.165, 1.54) is 10.9 Å². The lowest BCUT2D eigenvalue weighted by molar-refractivity contribution is -0.116. The van der Waals surface area contributed by atoms with Crippen molar-refractivity contribution in [1.29, 1.82) is 0 Å². The van der Waals surface area contributed by atoms with Gasteiger partial charge in [-0.1, -0.05) is 0 Å². The molecule has 1 amide bonds. The molecule has 0 spiro atoms. The molecule has 4 rings (SSSR count). The maximum absolute atomic E-state index is 14.0. The van der Waals surface area contributed by atoms with E-state index < -0.39 is 11.6 Å². The first-order valence-corrected chi connectivity index (χ1v) is 7.92. The molecule has 0 radical (unpaired) electrons. The van der Waals surface area contributed by atoms with Crippen LogP contribution in [0.25, 0.3) is 5.69 Å². The monoisotopic (exact) mass is 331 g/mol. The fourth-order valence-electron chi connectivity index (χ4n) is 2.81. The minimum absolute atomic E-state index is 0.0185. The van der Waals surface area contributed by atoms with E-state index in [-0.39, 0.29) is 23.9 Å². The second-order valence-corrected chi connectivity index (χ2v) is 6.09. The van der Waals surface area contributed by atoms with Gasteiger partial charge in [0.1, 0.15) is 23.8 Å². The minimum Gasteiger partial charge on any atom is -0.310 e. The number of benzene rings is 1. The topological polar surface area (TPSA) is 46.9 Å². The summed E-state index contributed by atoms with van der Waals surface area (Å²) in [6.07, 6.45) is 1.69. The number of amides is 1. The van der Waals surface area contributed by atoms with Crippen LogP contribution in [0, 0.1) is 11.6 Å². The van der Waals surface area contributed by atoms with Crippen LogP contribution >= 0.6 is 11.3 Å². The first-order valence-electron chi connectivity index (χ1n) is 6.98. The predicted molar refractivity (Wildman–Crippen MR) is 82.9 cm³/mol. The molecule has 23 heavy (non-hydrogen) atoms. The zero-order valence-corrected chi connectivity index (χ0v) is 12.6. The SMILES string of the molecule is O=C1C[C@@H](c2ccsc2)c2ncn(-c3cc(F)ccc3F)c2N1. The highest BCUT2D eigenvalue weighted by Gasteiger charge is 2.31. The number of aromatic nitrogens is 2. The van der Waals surface area contributed by atoms with E-state index in [0.717, 1.165) is 23.8 Å². The Morgan fingerprint density at radius 2 is 2.17 bits per heavy atom. The van der Waals surface area contributed by atoms with Crippen LogP contribution < -0.4 is 5.32 Å². The average Bonchev–Trinajstić information content (AvgIpc) is 3.18. The fourth-order valence-corrected chi connectivity index (χ4v) is 3.52. The molecule has 1 aromatic carbocycles. The van der Waals surface area contributed by atoms with E-state index in [0.29, 0.717) is 11.5 Å². The van der Waals surface area contributed by atoms with Gasteiger partial charge < -0.3 is 5.32 Å².